The van der Waals surface area contributed by atoms with Gasteiger partial charge in [-0.1, -0.05) is 0 Å². The van der Waals surface area contributed by atoms with E-state index < -0.39 is 18.0 Å². The molecule has 5 heteroatoms. The molecule has 0 aromatic heterocycles. The van der Waals surface area contributed by atoms with Crippen LogP contribution in [-0.2, 0) is 19.1 Å². The van der Waals surface area contributed by atoms with Crippen LogP contribution in [0.15, 0.2) is 0 Å². The Labute approximate surface area is 76.6 Å². The van der Waals surface area contributed by atoms with Crippen molar-refractivity contribution < 1.29 is 24.2 Å². The summed E-state index contributed by atoms with van der Waals surface area (Å²) < 4.78 is 8.70. The van der Waals surface area contributed by atoms with E-state index in [4.69, 9.17) is 0 Å². The Morgan fingerprint density at radius 2 is 1.77 bits per heavy atom. The zero-order valence-electron chi connectivity index (χ0n) is 7.78. The second-order valence-corrected chi connectivity index (χ2v) is 2.55. The van der Waals surface area contributed by atoms with Gasteiger partial charge in [-0.05, 0) is 6.42 Å². The number of aliphatic hydroxyl groups is 1. The minimum absolute atomic E-state index is 0.0898. The third-order valence-electron chi connectivity index (χ3n) is 1.54. The minimum Gasteiger partial charge on any atom is -0.469 e. The number of carbonyl (C=O) groups excluding carboxylic acids is 2. The summed E-state index contributed by atoms with van der Waals surface area (Å²) in [5, 5.41) is 9.19. The van der Waals surface area contributed by atoms with Gasteiger partial charge in [0.25, 0.3) is 0 Å². The highest BCUT2D eigenvalue weighted by Gasteiger charge is 2.12. The van der Waals surface area contributed by atoms with Gasteiger partial charge in [-0.25, -0.2) is 0 Å². The fourth-order valence-corrected chi connectivity index (χ4v) is 0.764. The van der Waals surface area contributed by atoms with Crippen molar-refractivity contribution >= 4 is 11.9 Å². The van der Waals surface area contributed by atoms with Gasteiger partial charge in [-0.3, -0.25) is 9.59 Å². The molecule has 0 spiro atoms. The van der Waals surface area contributed by atoms with E-state index in [1.54, 1.807) is 0 Å². The highest BCUT2D eigenvalue weighted by molar-refractivity contribution is 5.70. The molecule has 0 saturated carbocycles. The van der Waals surface area contributed by atoms with E-state index in [-0.39, 0.29) is 19.3 Å². The average Bonchev–Trinajstić information content (AvgIpc) is 2.13. The lowest BCUT2D eigenvalue weighted by atomic mass is 10.1. The fraction of sp³-hybridized carbons (Fsp3) is 0.750. The second-order valence-electron chi connectivity index (χ2n) is 2.55. The lowest BCUT2D eigenvalue weighted by Gasteiger charge is -2.07. The van der Waals surface area contributed by atoms with Gasteiger partial charge in [0.2, 0.25) is 0 Å². The quantitative estimate of drug-likeness (QED) is 0.611. The standard InChI is InChI=1S/C8H14O5/c1-12-7(10)4-3-6(9)5-8(11)13-2/h6,9H,3-5H2,1-2H3/t6-/m1/s1. The molecule has 76 valence electrons. The van der Waals surface area contributed by atoms with Gasteiger partial charge in [0.15, 0.2) is 0 Å². The van der Waals surface area contributed by atoms with E-state index in [1.165, 1.54) is 14.2 Å². The van der Waals surface area contributed by atoms with Crippen LogP contribution in [0.3, 0.4) is 0 Å². The zero-order chi connectivity index (χ0) is 10.3. The zero-order valence-corrected chi connectivity index (χ0v) is 7.78. The third-order valence-corrected chi connectivity index (χ3v) is 1.54. The average molecular weight is 190 g/mol. The molecule has 0 unspecified atom stereocenters. The lowest BCUT2D eigenvalue weighted by Crippen LogP contribution is -2.16. The molecule has 0 fully saturated rings. The monoisotopic (exact) mass is 190 g/mol. The maximum absolute atomic E-state index is 10.6. The van der Waals surface area contributed by atoms with Gasteiger partial charge < -0.3 is 14.6 Å². The van der Waals surface area contributed by atoms with E-state index >= 15 is 0 Å². The van der Waals surface area contributed by atoms with Gasteiger partial charge in [0.1, 0.15) is 0 Å². The van der Waals surface area contributed by atoms with E-state index in [0.717, 1.165) is 0 Å². The van der Waals surface area contributed by atoms with Crippen molar-refractivity contribution in [2.75, 3.05) is 14.2 Å². The predicted octanol–water partition coefficient (Wildman–Crippen LogP) is -0.136. The van der Waals surface area contributed by atoms with Crippen molar-refractivity contribution in [1.82, 2.24) is 0 Å². The molecule has 0 aliphatic rings. The summed E-state index contributed by atoms with van der Waals surface area (Å²) in [5.74, 6) is -0.888. The number of ether oxygens (including phenoxy) is 2. The maximum atomic E-state index is 10.6. The summed E-state index contributed by atoms with van der Waals surface area (Å²) in [6.45, 7) is 0. The maximum Gasteiger partial charge on any atom is 0.308 e. The molecule has 0 saturated heterocycles. The van der Waals surface area contributed by atoms with Crippen molar-refractivity contribution in [3.63, 3.8) is 0 Å². The van der Waals surface area contributed by atoms with Crippen LogP contribution in [0.5, 0.6) is 0 Å². The highest BCUT2D eigenvalue weighted by atomic mass is 16.5. The summed E-state index contributed by atoms with van der Waals surface area (Å²) in [6, 6.07) is 0. The van der Waals surface area contributed by atoms with Crippen molar-refractivity contribution in [1.29, 1.82) is 0 Å². The summed E-state index contributed by atoms with van der Waals surface area (Å²) in [5.41, 5.74) is 0. The van der Waals surface area contributed by atoms with Gasteiger partial charge in [-0.2, -0.15) is 0 Å². The lowest BCUT2D eigenvalue weighted by molar-refractivity contribution is -0.145. The molecule has 0 aromatic carbocycles. The van der Waals surface area contributed by atoms with Gasteiger partial charge in [0.05, 0.1) is 26.7 Å². The van der Waals surface area contributed by atoms with Crippen molar-refractivity contribution in [3.8, 4) is 0 Å². The predicted molar refractivity (Wildman–Crippen MR) is 43.9 cm³/mol. The summed E-state index contributed by atoms with van der Waals surface area (Å²) in [6.07, 6.45) is -0.615. The summed E-state index contributed by atoms with van der Waals surface area (Å²) in [7, 11) is 2.52. The molecule has 0 bridgehead atoms. The van der Waals surface area contributed by atoms with Crippen LogP contribution in [0.1, 0.15) is 19.3 Å². The first-order chi connectivity index (χ1) is 6.10. The number of hydrogen-bond donors (Lipinski definition) is 1. The molecule has 0 heterocycles. The number of carbonyl (C=O) groups is 2. The molecule has 0 radical (unpaired) electrons. The normalized spacial score (nSPS) is 11.9. The molecule has 1 N–H and O–H groups in total. The first kappa shape index (κ1) is 11.9. The van der Waals surface area contributed by atoms with E-state index in [2.05, 4.69) is 9.47 Å². The minimum atomic E-state index is -0.841. The number of rotatable bonds is 5. The van der Waals surface area contributed by atoms with Crippen LogP contribution in [-0.4, -0.2) is 37.4 Å². The molecule has 0 amide bonds. The Hall–Kier alpha value is -1.10. The van der Waals surface area contributed by atoms with Gasteiger partial charge >= 0.3 is 11.9 Å². The smallest absolute Gasteiger partial charge is 0.308 e. The van der Waals surface area contributed by atoms with Crippen molar-refractivity contribution in [2.24, 2.45) is 0 Å². The molecule has 0 aliphatic heterocycles. The Morgan fingerprint density at radius 3 is 2.23 bits per heavy atom. The summed E-state index contributed by atoms with van der Waals surface area (Å²) >= 11 is 0. The van der Waals surface area contributed by atoms with Crippen LogP contribution >= 0.6 is 0 Å². The first-order valence-electron chi connectivity index (χ1n) is 3.91. The molecule has 0 aliphatic carbocycles. The van der Waals surface area contributed by atoms with E-state index in [1.807, 2.05) is 0 Å². The van der Waals surface area contributed by atoms with Crippen LogP contribution in [0, 0.1) is 0 Å². The molecule has 0 rings (SSSR count). The number of esters is 2. The van der Waals surface area contributed by atoms with Crippen LogP contribution < -0.4 is 0 Å². The largest absolute Gasteiger partial charge is 0.469 e. The fourth-order valence-electron chi connectivity index (χ4n) is 0.764. The topological polar surface area (TPSA) is 72.8 Å². The van der Waals surface area contributed by atoms with Crippen LogP contribution in [0.25, 0.3) is 0 Å². The highest BCUT2D eigenvalue weighted by Crippen LogP contribution is 2.03. The Bertz CT molecular complexity index is 177. The van der Waals surface area contributed by atoms with Gasteiger partial charge in [0, 0.05) is 6.42 Å². The Kier molecular flexibility index (Phi) is 5.88. The van der Waals surface area contributed by atoms with Crippen LogP contribution in [0.4, 0.5) is 0 Å². The molecular formula is C8H14O5. The number of hydrogen-bond acceptors (Lipinski definition) is 5. The van der Waals surface area contributed by atoms with Crippen molar-refractivity contribution in [3.05, 3.63) is 0 Å². The van der Waals surface area contributed by atoms with E-state index in [0.29, 0.717) is 0 Å². The first-order valence-corrected chi connectivity index (χ1v) is 3.91. The molecule has 0 aromatic rings. The number of aliphatic hydroxyl groups excluding tert-OH is 1. The van der Waals surface area contributed by atoms with Crippen molar-refractivity contribution in [2.45, 2.75) is 25.4 Å². The molecule has 5 nitrogen and oxygen atoms in total. The van der Waals surface area contributed by atoms with Gasteiger partial charge in [-0.15, -0.1) is 0 Å². The van der Waals surface area contributed by atoms with E-state index in [9.17, 15) is 14.7 Å². The Morgan fingerprint density at radius 1 is 1.23 bits per heavy atom. The molecule has 13 heavy (non-hydrogen) atoms. The molecule has 1 atom stereocenters. The van der Waals surface area contributed by atoms with Crippen LogP contribution in [0.2, 0.25) is 0 Å². The summed E-state index contributed by atoms with van der Waals surface area (Å²) in [4.78, 5) is 21.3. The third kappa shape index (κ3) is 6.10. The Balaban J connectivity index is 3.56. The number of methoxy groups -OCH3 is 2. The second kappa shape index (κ2) is 6.42. The molecular weight excluding hydrogens is 176 g/mol. The SMILES string of the molecule is COC(=O)CC[C@@H](O)CC(=O)OC.